The number of nitrogens with zero attached hydrogens (tertiary/aromatic N) is 1. The topological polar surface area (TPSA) is 55.8 Å². The Hall–Kier alpha value is -0.820. The van der Waals surface area contributed by atoms with Gasteiger partial charge in [-0.3, -0.25) is 0 Å². The van der Waals surface area contributed by atoms with Crippen molar-refractivity contribution in [1.82, 2.24) is 4.90 Å². The predicted octanol–water partition coefficient (Wildman–Crippen LogP) is 1.94. The van der Waals surface area contributed by atoms with E-state index >= 15 is 0 Å². The number of hydrogen-bond donors (Lipinski definition) is 0. The first kappa shape index (κ1) is 16.5. The lowest BCUT2D eigenvalue weighted by Gasteiger charge is -2.29. The van der Waals surface area contributed by atoms with E-state index in [1.807, 2.05) is 7.05 Å². The molecule has 0 aromatic heterocycles. The minimum absolute atomic E-state index is 0.0285. The van der Waals surface area contributed by atoms with Gasteiger partial charge in [-0.2, -0.15) is 0 Å². The van der Waals surface area contributed by atoms with E-state index in [1.54, 1.807) is 26.0 Å². The van der Waals surface area contributed by atoms with Gasteiger partial charge in [0.1, 0.15) is 18.5 Å². The van der Waals surface area contributed by atoms with Gasteiger partial charge in [0, 0.05) is 23.8 Å². The van der Waals surface area contributed by atoms with Crippen LogP contribution in [0.25, 0.3) is 0 Å². The van der Waals surface area contributed by atoms with E-state index in [4.69, 9.17) is 20.2 Å². The van der Waals surface area contributed by atoms with E-state index in [0.717, 1.165) is 13.1 Å². The van der Waals surface area contributed by atoms with Gasteiger partial charge in [0.2, 0.25) is 0 Å². The van der Waals surface area contributed by atoms with Crippen molar-refractivity contribution in [1.29, 1.82) is 0 Å². The lowest BCUT2D eigenvalue weighted by Crippen LogP contribution is -2.42. The fourth-order valence-electron chi connectivity index (χ4n) is 2.54. The molecule has 0 spiro atoms. The summed E-state index contributed by atoms with van der Waals surface area (Å²) in [4.78, 5) is 2.35. The van der Waals surface area contributed by atoms with Gasteiger partial charge in [0.15, 0.2) is 0 Å². The van der Waals surface area contributed by atoms with Crippen LogP contribution in [0.4, 0.5) is 0 Å². The summed E-state index contributed by atoms with van der Waals surface area (Å²) in [5.74, 6) is 0.630. The van der Waals surface area contributed by atoms with Crippen LogP contribution in [0.1, 0.15) is 11.1 Å². The second-order valence-electron chi connectivity index (χ2n) is 5.39. The smallest absolute Gasteiger partial charge is 0.261 e. The Kier molecular flexibility index (Phi) is 5.14. The minimum Gasteiger partial charge on any atom is -0.491 e. The van der Waals surface area contributed by atoms with Gasteiger partial charge in [-0.15, -0.1) is 0 Å². The fraction of sp³-hybridized carbons (Fsp3) is 0.571. The second kappa shape index (κ2) is 6.52. The highest BCUT2D eigenvalue weighted by Crippen LogP contribution is 2.28. The highest BCUT2D eigenvalue weighted by atomic mass is 35.7. The molecule has 0 N–H and O–H groups in total. The van der Waals surface area contributed by atoms with E-state index in [1.165, 1.54) is 0 Å². The first-order chi connectivity index (χ1) is 9.77. The Bertz CT molecular complexity index is 594. The molecule has 0 radical (unpaired) electrons. The van der Waals surface area contributed by atoms with E-state index in [9.17, 15) is 8.42 Å². The van der Waals surface area contributed by atoms with Crippen molar-refractivity contribution in [3.05, 3.63) is 23.3 Å². The number of aryl methyl sites for hydroxylation is 2. The van der Waals surface area contributed by atoms with Crippen molar-refractivity contribution in [2.75, 3.05) is 33.4 Å². The van der Waals surface area contributed by atoms with Crippen LogP contribution in [-0.2, 0) is 13.8 Å². The van der Waals surface area contributed by atoms with Gasteiger partial charge in [-0.05, 0) is 44.2 Å². The molecule has 7 heteroatoms. The molecule has 5 nitrogen and oxygen atoms in total. The zero-order valence-corrected chi connectivity index (χ0v) is 14.0. The maximum Gasteiger partial charge on any atom is 0.261 e. The molecular formula is C14H20ClNO4S. The summed E-state index contributed by atoms with van der Waals surface area (Å²) in [7, 11) is 3.75. The van der Waals surface area contributed by atoms with Gasteiger partial charge in [0.25, 0.3) is 9.05 Å². The van der Waals surface area contributed by atoms with E-state index < -0.39 is 9.05 Å². The zero-order chi connectivity index (χ0) is 15.6. The van der Waals surface area contributed by atoms with E-state index in [2.05, 4.69) is 4.90 Å². The minimum atomic E-state index is -3.74. The molecule has 1 unspecified atom stereocenters. The Balaban J connectivity index is 2.08. The molecule has 1 aromatic carbocycles. The first-order valence-electron chi connectivity index (χ1n) is 6.76. The maximum absolute atomic E-state index is 11.5. The van der Waals surface area contributed by atoms with E-state index in [0.29, 0.717) is 30.1 Å². The maximum atomic E-state index is 11.5. The standard InChI is InChI=1S/C14H20ClNO4S/c1-10-6-12(7-11(2)14(10)21(15,17)18)20-9-13-8-16(3)4-5-19-13/h6-7,13H,4-5,8-9H2,1-3H3. The second-order valence-corrected chi connectivity index (χ2v) is 7.89. The molecule has 1 saturated heterocycles. The monoisotopic (exact) mass is 333 g/mol. The van der Waals surface area contributed by atoms with Gasteiger partial charge in [0.05, 0.1) is 11.5 Å². The third-order valence-electron chi connectivity index (χ3n) is 3.46. The summed E-state index contributed by atoms with van der Waals surface area (Å²) in [6.07, 6.45) is 0.0285. The number of ether oxygens (including phenoxy) is 2. The third kappa shape index (κ3) is 4.32. The summed E-state index contributed by atoms with van der Waals surface area (Å²) in [6, 6.07) is 3.38. The quantitative estimate of drug-likeness (QED) is 0.788. The number of benzene rings is 1. The summed E-state index contributed by atoms with van der Waals surface area (Å²) >= 11 is 0. The molecule has 118 valence electrons. The lowest BCUT2D eigenvalue weighted by atomic mass is 10.1. The Morgan fingerprint density at radius 1 is 1.38 bits per heavy atom. The molecule has 1 aliphatic rings. The van der Waals surface area contributed by atoms with Crippen LogP contribution in [0.3, 0.4) is 0 Å². The Morgan fingerprint density at radius 3 is 2.52 bits per heavy atom. The van der Waals surface area contributed by atoms with Crippen LogP contribution in [-0.4, -0.2) is 52.8 Å². The van der Waals surface area contributed by atoms with Crippen LogP contribution in [0, 0.1) is 13.8 Å². The molecule has 0 amide bonds. The summed E-state index contributed by atoms with van der Waals surface area (Å²) in [6.45, 7) is 6.31. The van der Waals surface area contributed by atoms with Crippen LogP contribution in [0.2, 0.25) is 0 Å². The van der Waals surface area contributed by atoms with Gasteiger partial charge in [-0.1, -0.05) is 0 Å². The van der Waals surface area contributed by atoms with Gasteiger partial charge >= 0.3 is 0 Å². The predicted molar refractivity (Wildman–Crippen MR) is 81.7 cm³/mol. The molecule has 1 aromatic rings. The molecule has 21 heavy (non-hydrogen) atoms. The zero-order valence-electron chi connectivity index (χ0n) is 12.4. The summed E-state index contributed by atoms with van der Waals surface area (Å²) < 4.78 is 34.4. The SMILES string of the molecule is Cc1cc(OCC2CN(C)CCO2)cc(C)c1S(=O)(=O)Cl. The molecule has 0 bridgehead atoms. The molecule has 2 rings (SSSR count). The molecule has 1 atom stereocenters. The van der Waals surface area contributed by atoms with Crippen molar-refractivity contribution in [3.63, 3.8) is 0 Å². The molecule has 1 aliphatic heterocycles. The number of likely N-dealkylation sites (N-methyl/N-ethyl adjacent to an activating group) is 1. The van der Waals surface area contributed by atoms with Crippen molar-refractivity contribution < 1.29 is 17.9 Å². The van der Waals surface area contributed by atoms with Crippen LogP contribution in [0.5, 0.6) is 5.75 Å². The number of rotatable bonds is 4. The fourth-order valence-corrected chi connectivity index (χ4v) is 4.15. The molecule has 0 aliphatic carbocycles. The van der Waals surface area contributed by atoms with Crippen molar-refractivity contribution in [2.24, 2.45) is 0 Å². The van der Waals surface area contributed by atoms with Crippen LogP contribution in [0.15, 0.2) is 17.0 Å². The van der Waals surface area contributed by atoms with Crippen molar-refractivity contribution in [2.45, 2.75) is 24.8 Å². The third-order valence-corrected chi connectivity index (χ3v) is 5.05. The molecule has 1 heterocycles. The Morgan fingerprint density at radius 2 is 2.00 bits per heavy atom. The first-order valence-corrected chi connectivity index (χ1v) is 9.07. The molecule has 1 fully saturated rings. The van der Waals surface area contributed by atoms with Crippen LogP contribution < -0.4 is 4.74 Å². The van der Waals surface area contributed by atoms with E-state index in [-0.39, 0.29) is 11.0 Å². The number of morpholine rings is 1. The summed E-state index contributed by atoms with van der Waals surface area (Å²) in [5.41, 5.74) is 1.17. The van der Waals surface area contributed by atoms with Gasteiger partial charge in [-0.25, -0.2) is 8.42 Å². The summed E-state index contributed by atoms with van der Waals surface area (Å²) in [5, 5.41) is 0. The van der Waals surface area contributed by atoms with Gasteiger partial charge < -0.3 is 14.4 Å². The highest BCUT2D eigenvalue weighted by Gasteiger charge is 2.20. The van der Waals surface area contributed by atoms with Crippen molar-refractivity contribution >= 4 is 19.7 Å². The molecular weight excluding hydrogens is 314 g/mol. The normalized spacial score (nSPS) is 20.5. The molecule has 0 saturated carbocycles. The highest BCUT2D eigenvalue weighted by molar-refractivity contribution is 8.13. The number of halogens is 1. The average molecular weight is 334 g/mol. The Labute approximate surface area is 130 Å². The lowest BCUT2D eigenvalue weighted by molar-refractivity contribution is -0.0403. The number of hydrogen-bond acceptors (Lipinski definition) is 5. The average Bonchev–Trinajstić information content (AvgIpc) is 2.34. The largest absolute Gasteiger partial charge is 0.491 e. The van der Waals surface area contributed by atoms with Crippen molar-refractivity contribution in [3.8, 4) is 5.75 Å². The van der Waals surface area contributed by atoms with Crippen LogP contribution >= 0.6 is 10.7 Å².